The van der Waals surface area contributed by atoms with Crippen LogP contribution in [0.4, 0.5) is 0 Å². The van der Waals surface area contributed by atoms with Gasteiger partial charge in [-0.25, -0.2) is 0 Å². The van der Waals surface area contributed by atoms with Crippen LogP contribution in [-0.4, -0.2) is 11.6 Å². The Bertz CT molecular complexity index is 2750. The number of hydrogen-bond acceptors (Lipinski definition) is 3. The predicted molar refractivity (Wildman–Crippen MR) is 262 cm³/mol. The highest BCUT2D eigenvalue weighted by atomic mass is 16.6. The van der Waals surface area contributed by atoms with Crippen molar-refractivity contribution in [2.45, 2.75) is 137 Å². The Morgan fingerprint density at radius 2 is 0.939 bits per heavy atom. The van der Waals surface area contributed by atoms with E-state index in [0.717, 1.165) is 77.0 Å². The minimum atomic E-state index is -0.596. The summed E-state index contributed by atoms with van der Waals surface area (Å²) < 4.78 is 6.48. The lowest BCUT2D eigenvalue weighted by molar-refractivity contribution is -0.191. The molecule has 6 unspecified atom stereocenters. The lowest BCUT2D eigenvalue weighted by Crippen LogP contribution is -2.68. The maximum Gasteiger partial charge on any atom is 0.312 e. The molecule has 3 nitrogen and oxygen atoms in total. The minimum absolute atomic E-state index is 0.0107. The van der Waals surface area contributed by atoms with E-state index in [1.54, 1.807) is 0 Å². The second-order valence-corrected chi connectivity index (χ2v) is 24.8. The van der Waals surface area contributed by atoms with E-state index in [1.165, 1.54) is 45.4 Å². The highest BCUT2D eigenvalue weighted by molar-refractivity contribution is 5.80. The molecule has 10 aliphatic rings. The summed E-state index contributed by atoms with van der Waals surface area (Å²) in [4.78, 5) is 15.0. The average molecular weight is 866 g/mol. The summed E-state index contributed by atoms with van der Waals surface area (Å²) in [6, 6.07) is 57.9. The molecule has 9 fully saturated rings. The summed E-state index contributed by atoms with van der Waals surface area (Å²) in [7, 11) is 0. The highest BCUT2D eigenvalue weighted by Crippen LogP contribution is 2.84. The van der Waals surface area contributed by atoms with E-state index in [2.05, 4.69) is 170 Å². The second kappa shape index (κ2) is 13.4. The molecule has 0 N–H and O–H groups in total. The summed E-state index contributed by atoms with van der Waals surface area (Å²) in [5.74, 6) is 0.496. The molecule has 5 aromatic rings. The first-order chi connectivity index (χ1) is 31.7. The molecule has 0 spiro atoms. The predicted octanol–water partition coefficient (Wildman–Crippen LogP) is 14.2. The molecule has 0 radical (unpaired) electrons. The van der Waals surface area contributed by atoms with Gasteiger partial charge in [-0.3, -0.25) is 4.79 Å². The molecular formula is C63H63NO2. The Labute approximate surface area is 392 Å². The van der Waals surface area contributed by atoms with Gasteiger partial charge in [-0.15, -0.1) is 0 Å². The SMILES string of the molecule is CC(C)(C)OC(=O)C12CC3(c4ccccc4)CC(c4ccccc4)(C1)CC(c1ccc(C4=CC5(C67CC8(C#N)CC(c9ccccc9)(CC(c9ccccc9)(C8)C6)C7)CC5C=C4)cc1)(C2)C3. The second-order valence-electron chi connectivity index (χ2n) is 24.8. The summed E-state index contributed by atoms with van der Waals surface area (Å²) in [6.07, 6.45) is 20.8. The van der Waals surface area contributed by atoms with E-state index in [9.17, 15) is 10.1 Å². The molecule has 8 bridgehead atoms. The lowest BCUT2D eigenvalue weighted by atomic mass is 9.31. The number of carbonyl (C=O) groups excluding carboxylic acids is 1. The van der Waals surface area contributed by atoms with Crippen LogP contribution in [0.15, 0.2) is 164 Å². The zero-order chi connectivity index (χ0) is 44.9. The molecule has 15 rings (SSSR count). The molecule has 9 saturated carbocycles. The molecule has 332 valence electrons. The fourth-order valence-corrected chi connectivity index (χ4v) is 18.4. The van der Waals surface area contributed by atoms with Crippen LogP contribution >= 0.6 is 0 Å². The van der Waals surface area contributed by atoms with Crippen molar-refractivity contribution < 1.29 is 9.53 Å². The fraction of sp³-hybridized carbons (Fsp3) is 0.429. The number of benzene rings is 5. The monoisotopic (exact) mass is 865 g/mol. The normalized spacial score (nSPS) is 39.7. The molecule has 0 amide bonds. The van der Waals surface area contributed by atoms with E-state index in [4.69, 9.17) is 4.74 Å². The third-order valence-corrected chi connectivity index (χ3v) is 19.5. The first-order valence-electron chi connectivity index (χ1n) is 25.1. The van der Waals surface area contributed by atoms with Crippen LogP contribution in [0.1, 0.15) is 138 Å². The van der Waals surface area contributed by atoms with Gasteiger partial charge < -0.3 is 4.74 Å². The standard InChI is InChI=1S/C63H63NO2/c1-54(2,3)66-53(65)61-39-58(49-20-12-6-13-21-49)36-59(40-61,50-22-14-7-15-23-50)38-60(37-58,41-61)51-27-24-45(25-28-51)46-26-29-52-31-63(52,30-46)62-34-55(44-64)32-56(42-62,47-16-8-4-9-17-47)35-57(33-55,43-62)48-18-10-5-11-19-48/h4-30,52H,31-43H2,1-3H3. The van der Waals surface area contributed by atoms with E-state index in [0.29, 0.717) is 5.92 Å². The van der Waals surface area contributed by atoms with E-state index >= 15 is 0 Å². The number of nitriles is 1. The number of allylic oxidation sites excluding steroid dienone is 4. The molecular weight excluding hydrogens is 803 g/mol. The molecule has 0 saturated heterocycles. The number of carbonyl (C=O) groups is 1. The molecule has 0 aliphatic heterocycles. The molecule has 6 atom stereocenters. The molecule has 5 aromatic carbocycles. The first kappa shape index (κ1) is 40.8. The maximum absolute atomic E-state index is 15.0. The summed E-state index contributed by atoms with van der Waals surface area (Å²) in [6.45, 7) is 6.07. The van der Waals surface area contributed by atoms with E-state index < -0.39 is 11.0 Å². The quantitative estimate of drug-likeness (QED) is 0.146. The van der Waals surface area contributed by atoms with Crippen molar-refractivity contribution in [2.24, 2.45) is 27.6 Å². The van der Waals surface area contributed by atoms with Crippen molar-refractivity contribution in [3.05, 3.63) is 197 Å². The largest absolute Gasteiger partial charge is 0.460 e. The van der Waals surface area contributed by atoms with Gasteiger partial charge in [-0.1, -0.05) is 164 Å². The third kappa shape index (κ3) is 5.69. The number of rotatable bonds is 8. The van der Waals surface area contributed by atoms with Crippen LogP contribution < -0.4 is 0 Å². The molecule has 3 heteroatoms. The average Bonchev–Trinajstić information content (AvgIpc) is 4.08. The zero-order valence-corrected chi connectivity index (χ0v) is 39.1. The van der Waals surface area contributed by atoms with E-state index in [1.807, 2.05) is 20.8 Å². The van der Waals surface area contributed by atoms with Gasteiger partial charge in [0.15, 0.2) is 0 Å². The van der Waals surface area contributed by atoms with Crippen LogP contribution in [0.5, 0.6) is 0 Å². The Hall–Kier alpha value is -5.46. The highest BCUT2D eigenvalue weighted by Gasteiger charge is 2.77. The van der Waals surface area contributed by atoms with Crippen molar-refractivity contribution in [1.82, 2.24) is 0 Å². The van der Waals surface area contributed by atoms with Gasteiger partial charge in [-0.05, 0) is 182 Å². The van der Waals surface area contributed by atoms with Gasteiger partial charge in [0.1, 0.15) is 5.60 Å². The van der Waals surface area contributed by atoms with Crippen LogP contribution in [0.2, 0.25) is 0 Å². The van der Waals surface area contributed by atoms with Gasteiger partial charge in [0.25, 0.3) is 0 Å². The number of nitrogens with zero attached hydrogens (tertiary/aromatic N) is 1. The van der Waals surface area contributed by atoms with Gasteiger partial charge >= 0.3 is 5.97 Å². The summed E-state index contributed by atoms with van der Waals surface area (Å²) >= 11 is 0. The Kier molecular flexibility index (Phi) is 8.26. The Morgan fingerprint density at radius 3 is 1.35 bits per heavy atom. The van der Waals surface area contributed by atoms with Crippen LogP contribution in [0.25, 0.3) is 5.57 Å². The fourth-order valence-electron chi connectivity index (χ4n) is 18.4. The molecule has 0 aromatic heterocycles. The number of ether oxygens (including phenoxy) is 1. The van der Waals surface area contributed by atoms with Crippen LogP contribution in [0.3, 0.4) is 0 Å². The van der Waals surface area contributed by atoms with Crippen LogP contribution in [-0.2, 0) is 36.6 Å². The summed E-state index contributed by atoms with van der Waals surface area (Å²) in [5, 5.41) is 11.4. The molecule has 66 heavy (non-hydrogen) atoms. The third-order valence-electron chi connectivity index (χ3n) is 19.5. The van der Waals surface area contributed by atoms with Crippen molar-refractivity contribution >= 4 is 11.5 Å². The van der Waals surface area contributed by atoms with Gasteiger partial charge in [0, 0.05) is 5.41 Å². The van der Waals surface area contributed by atoms with Crippen molar-refractivity contribution in [3.63, 3.8) is 0 Å². The van der Waals surface area contributed by atoms with E-state index in [-0.39, 0.29) is 49.3 Å². The van der Waals surface area contributed by atoms with Crippen molar-refractivity contribution in [1.29, 1.82) is 5.26 Å². The Balaban J connectivity index is 0.911. The van der Waals surface area contributed by atoms with Crippen molar-refractivity contribution in [3.8, 4) is 6.07 Å². The van der Waals surface area contributed by atoms with Crippen molar-refractivity contribution in [2.75, 3.05) is 0 Å². The molecule has 0 heterocycles. The number of esters is 1. The smallest absolute Gasteiger partial charge is 0.312 e. The Morgan fingerprint density at radius 1 is 0.530 bits per heavy atom. The summed E-state index contributed by atoms with van der Waals surface area (Å²) in [5.41, 5.74) is 7.57. The number of hydrogen-bond donors (Lipinski definition) is 0. The maximum atomic E-state index is 15.0. The molecule has 10 aliphatic carbocycles. The first-order valence-corrected chi connectivity index (χ1v) is 25.1. The number of fused-ring (bicyclic) bond motifs is 1. The zero-order valence-electron chi connectivity index (χ0n) is 39.1. The van der Waals surface area contributed by atoms with Gasteiger partial charge in [0.2, 0.25) is 0 Å². The topological polar surface area (TPSA) is 50.1 Å². The van der Waals surface area contributed by atoms with Crippen LogP contribution in [0, 0.1) is 38.9 Å². The van der Waals surface area contributed by atoms with Gasteiger partial charge in [-0.2, -0.15) is 5.26 Å². The minimum Gasteiger partial charge on any atom is -0.460 e. The lowest BCUT2D eigenvalue weighted by Gasteiger charge is -2.71. The van der Waals surface area contributed by atoms with Gasteiger partial charge in [0.05, 0.1) is 16.9 Å².